The lowest BCUT2D eigenvalue weighted by Crippen LogP contribution is -2.22. The summed E-state index contributed by atoms with van der Waals surface area (Å²) in [5.41, 5.74) is 0.189. The summed E-state index contributed by atoms with van der Waals surface area (Å²) in [7, 11) is 0. The number of hydrogen-bond acceptors (Lipinski definition) is 1. The zero-order valence-corrected chi connectivity index (χ0v) is 9.89. The first-order valence-electron chi connectivity index (χ1n) is 4.28. The van der Waals surface area contributed by atoms with Gasteiger partial charge in [0.25, 0.3) is 5.78 Å². The van der Waals surface area contributed by atoms with Crippen LogP contribution in [0, 0.1) is 3.57 Å². The van der Waals surface area contributed by atoms with E-state index >= 15 is 0 Å². The predicted molar refractivity (Wildman–Crippen MR) is 61.4 cm³/mol. The van der Waals surface area contributed by atoms with E-state index in [0.717, 1.165) is 9.77 Å². The van der Waals surface area contributed by atoms with Crippen molar-refractivity contribution >= 4 is 39.3 Å². The Bertz CT molecular complexity index is 559. The van der Waals surface area contributed by atoms with E-state index in [1.54, 1.807) is 18.2 Å². The molecule has 0 amide bonds. The zero-order chi connectivity index (χ0) is 11.9. The minimum Gasteiger partial charge on any atom is -0.360 e. The van der Waals surface area contributed by atoms with Gasteiger partial charge in [-0.1, -0.05) is 0 Å². The number of halogens is 4. The van der Waals surface area contributed by atoms with Crippen molar-refractivity contribution in [2.45, 2.75) is 6.18 Å². The standard InChI is InChI=1S/C10H5F3INO/c11-10(12,13)9(16)7-4-15-8-2-1-5(14)3-6(7)8/h1-4,15H. The van der Waals surface area contributed by atoms with E-state index in [4.69, 9.17) is 0 Å². The van der Waals surface area contributed by atoms with Crippen LogP contribution >= 0.6 is 22.6 Å². The molecule has 0 atom stereocenters. The van der Waals surface area contributed by atoms with Gasteiger partial charge >= 0.3 is 6.18 Å². The molecule has 16 heavy (non-hydrogen) atoms. The highest BCUT2D eigenvalue weighted by atomic mass is 127. The molecule has 0 fully saturated rings. The average molecular weight is 339 g/mol. The summed E-state index contributed by atoms with van der Waals surface area (Å²) in [5.74, 6) is -1.82. The van der Waals surface area contributed by atoms with Gasteiger partial charge in [0.2, 0.25) is 0 Å². The summed E-state index contributed by atoms with van der Waals surface area (Å²) in [4.78, 5) is 13.7. The number of aromatic amines is 1. The lowest BCUT2D eigenvalue weighted by atomic mass is 10.1. The largest absolute Gasteiger partial charge is 0.454 e. The Morgan fingerprint density at radius 2 is 2.00 bits per heavy atom. The van der Waals surface area contributed by atoms with Crippen molar-refractivity contribution in [3.63, 3.8) is 0 Å². The molecular weight excluding hydrogens is 334 g/mol. The van der Waals surface area contributed by atoms with Crippen LogP contribution < -0.4 is 0 Å². The summed E-state index contributed by atoms with van der Waals surface area (Å²) >= 11 is 1.98. The van der Waals surface area contributed by atoms with Gasteiger partial charge in [-0.2, -0.15) is 13.2 Å². The molecule has 2 nitrogen and oxygen atoms in total. The normalized spacial score (nSPS) is 12.0. The SMILES string of the molecule is O=C(c1c[nH]c2ccc(I)cc12)C(F)(F)F. The summed E-state index contributed by atoms with van der Waals surface area (Å²) in [6, 6.07) is 4.94. The number of benzene rings is 1. The van der Waals surface area contributed by atoms with Crippen LogP contribution in [0.3, 0.4) is 0 Å². The van der Waals surface area contributed by atoms with Gasteiger partial charge in [-0.3, -0.25) is 4.79 Å². The molecule has 0 radical (unpaired) electrons. The number of H-pyrrole nitrogens is 1. The second-order valence-corrected chi connectivity index (χ2v) is 4.46. The smallest absolute Gasteiger partial charge is 0.360 e. The first-order valence-corrected chi connectivity index (χ1v) is 5.35. The molecule has 84 valence electrons. The van der Waals surface area contributed by atoms with Crippen molar-refractivity contribution in [1.29, 1.82) is 0 Å². The molecule has 0 unspecified atom stereocenters. The minimum atomic E-state index is -4.84. The Balaban J connectivity index is 2.62. The number of carbonyl (C=O) groups excluding carboxylic acids is 1. The molecule has 0 spiro atoms. The molecular formula is C10H5F3INO. The average Bonchev–Trinajstić information content (AvgIpc) is 2.57. The second kappa shape index (κ2) is 3.76. The third-order valence-corrected chi connectivity index (χ3v) is 2.82. The summed E-state index contributed by atoms with van der Waals surface area (Å²) in [6.07, 6.45) is -3.74. The van der Waals surface area contributed by atoms with Gasteiger partial charge < -0.3 is 4.98 Å². The fourth-order valence-electron chi connectivity index (χ4n) is 1.43. The molecule has 1 heterocycles. The number of aromatic nitrogens is 1. The van der Waals surface area contributed by atoms with E-state index in [1.165, 1.54) is 0 Å². The van der Waals surface area contributed by atoms with Gasteiger partial charge in [0.15, 0.2) is 0 Å². The number of Topliss-reactive ketones (excluding diaryl/α,β-unsaturated/α-hetero) is 1. The highest BCUT2D eigenvalue weighted by Crippen LogP contribution is 2.27. The van der Waals surface area contributed by atoms with Crippen LogP contribution in [0.4, 0.5) is 13.2 Å². The third kappa shape index (κ3) is 1.93. The maximum Gasteiger partial charge on any atom is 0.454 e. The fourth-order valence-corrected chi connectivity index (χ4v) is 1.92. The first kappa shape index (κ1) is 11.4. The van der Waals surface area contributed by atoms with Crippen LogP contribution in [-0.2, 0) is 0 Å². The predicted octanol–water partition coefficient (Wildman–Crippen LogP) is 3.52. The van der Waals surface area contributed by atoms with Crippen LogP contribution in [0.25, 0.3) is 10.9 Å². The number of alkyl halides is 3. The Kier molecular flexibility index (Phi) is 2.69. The van der Waals surface area contributed by atoms with Crippen LogP contribution in [0.1, 0.15) is 10.4 Å². The molecule has 2 rings (SSSR count). The quantitative estimate of drug-likeness (QED) is 0.626. The van der Waals surface area contributed by atoms with Gasteiger partial charge in [0.05, 0.1) is 5.56 Å². The number of nitrogens with one attached hydrogen (secondary N) is 1. The van der Waals surface area contributed by atoms with Gasteiger partial charge in [0.1, 0.15) is 0 Å². The summed E-state index contributed by atoms with van der Waals surface area (Å²) in [5, 5.41) is 0.300. The lowest BCUT2D eigenvalue weighted by Gasteiger charge is -2.03. The van der Waals surface area contributed by atoms with E-state index in [0.29, 0.717) is 10.9 Å². The van der Waals surface area contributed by atoms with Crippen LogP contribution in [0.2, 0.25) is 0 Å². The molecule has 6 heteroatoms. The fraction of sp³-hybridized carbons (Fsp3) is 0.100. The van der Waals surface area contributed by atoms with E-state index in [9.17, 15) is 18.0 Å². The molecule has 0 aliphatic heterocycles. The number of fused-ring (bicyclic) bond motifs is 1. The maximum atomic E-state index is 12.3. The molecule has 1 aromatic carbocycles. The highest BCUT2D eigenvalue weighted by molar-refractivity contribution is 14.1. The molecule has 0 saturated heterocycles. The van der Waals surface area contributed by atoms with Gasteiger partial charge in [-0.25, -0.2) is 0 Å². The van der Waals surface area contributed by atoms with E-state index in [2.05, 4.69) is 4.98 Å². The topological polar surface area (TPSA) is 32.9 Å². The minimum absolute atomic E-state index is 0.300. The molecule has 1 aromatic heterocycles. The van der Waals surface area contributed by atoms with Crippen molar-refractivity contribution in [3.05, 3.63) is 33.5 Å². The summed E-state index contributed by atoms with van der Waals surface area (Å²) in [6.45, 7) is 0. The zero-order valence-electron chi connectivity index (χ0n) is 7.73. The van der Waals surface area contributed by atoms with E-state index in [-0.39, 0.29) is 5.56 Å². The third-order valence-electron chi connectivity index (χ3n) is 2.15. The van der Waals surface area contributed by atoms with Crippen LogP contribution in [0.15, 0.2) is 24.4 Å². The first-order chi connectivity index (χ1) is 7.39. The number of carbonyl (C=O) groups is 1. The molecule has 0 bridgehead atoms. The molecule has 0 aliphatic carbocycles. The Hall–Kier alpha value is -1.05. The Labute approximate surface area is 102 Å². The number of hydrogen-bond donors (Lipinski definition) is 1. The van der Waals surface area contributed by atoms with Crippen LogP contribution in [0.5, 0.6) is 0 Å². The molecule has 1 N–H and O–H groups in total. The van der Waals surface area contributed by atoms with Gasteiger partial charge in [-0.15, -0.1) is 0 Å². The van der Waals surface area contributed by atoms with Crippen molar-refractivity contribution < 1.29 is 18.0 Å². The number of ketones is 1. The van der Waals surface area contributed by atoms with Crippen molar-refractivity contribution in [2.75, 3.05) is 0 Å². The highest BCUT2D eigenvalue weighted by Gasteiger charge is 2.40. The maximum absolute atomic E-state index is 12.3. The van der Waals surface area contributed by atoms with Crippen molar-refractivity contribution in [1.82, 2.24) is 4.98 Å². The van der Waals surface area contributed by atoms with Crippen molar-refractivity contribution in [3.8, 4) is 0 Å². The molecule has 0 aliphatic rings. The van der Waals surface area contributed by atoms with Gasteiger partial charge in [-0.05, 0) is 40.8 Å². The lowest BCUT2D eigenvalue weighted by molar-refractivity contribution is -0.0884. The molecule has 2 aromatic rings. The number of rotatable bonds is 1. The van der Waals surface area contributed by atoms with Crippen molar-refractivity contribution in [2.24, 2.45) is 0 Å². The van der Waals surface area contributed by atoms with E-state index < -0.39 is 12.0 Å². The monoisotopic (exact) mass is 339 g/mol. The Morgan fingerprint density at radius 1 is 1.31 bits per heavy atom. The second-order valence-electron chi connectivity index (χ2n) is 3.22. The van der Waals surface area contributed by atoms with Crippen LogP contribution in [-0.4, -0.2) is 16.9 Å². The van der Waals surface area contributed by atoms with E-state index in [1.807, 2.05) is 22.6 Å². The Morgan fingerprint density at radius 3 is 2.62 bits per heavy atom. The molecule has 0 saturated carbocycles. The summed E-state index contributed by atoms with van der Waals surface area (Å²) < 4.78 is 37.6. The van der Waals surface area contributed by atoms with Gasteiger partial charge in [0, 0.05) is 20.7 Å².